The van der Waals surface area contributed by atoms with Gasteiger partial charge in [0, 0.05) is 12.0 Å². The minimum absolute atomic E-state index is 0.133. The lowest BCUT2D eigenvalue weighted by atomic mass is 9.92. The second kappa shape index (κ2) is 3.46. The number of fused-ring (bicyclic) bond motifs is 1. The molecule has 0 aromatic heterocycles. The van der Waals surface area contributed by atoms with E-state index in [1.165, 1.54) is 0 Å². The molecular weight excluding hydrogens is 218 g/mol. The molecule has 17 heavy (non-hydrogen) atoms. The Morgan fingerprint density at radius 1 is 1.59 bits per heavy atom. The van der Waals surface area contributed by atoms with Crippen molar-refractivity contribution < 1.29 is 14.6 Å². The van der Waals surface area contributed by atoms with Crippen molar-refractivity contribution in [1.82, 2.24) is 0 Å². The third-order valence-corrected chi connectivity index (χ3v) is 3.60. The van der Waals surface area contributed by atoms with E-state index in [4.69, 9.17) is 14.7 Å². The Hall–Kier alpha value is -1.57. The topological polar surface area (TPSA) is 65.8 Å². The average Bonchev–Trinajstić information content (AvgIpc) is 2.87. The fourth-order valence-corrected chi connectivity index (χ4v) is 2.44. The normalized spacial score (nSPS) is 29.8. The Balaban J connectivity index is 1.97. The molecule has 0 radical (unpaired) electrons. The average molecular weight is 231 g/mol. The molecule has 0 amide bonds. The zero-order chi connectivity index (χ0) is 12.0. The van der Waals surface area contributed by atoms with E-state index in [0.29, 0.717) is 30.8 Å². The Morgan fingerprint density at radius 3 is 3.00 bits per heavy atom. The number of hydrogen-bond donors (Lipinski definition) is 1. The van der Waals surface area contributed by atoms with Gasteiger partial charge in [-0.15, -0.1) is 0 Å². The van der Waals surface area contributed by atoms with Gasteiger partial charge in [0.25, 0.3) is 0 Å². The molecule has 0 bridgehead atoms. The van der Waals surface area contributed by atoms with E-state index in [9.17, 15) is 5.11 Å². The van der Waals surface area contributed by atoms with Crippen molar-refractivity contribution in [2.45, 2.75) is 25.0 Å². The van der Waals surface area contributed by atoms with E-state index in [1.54, 1.807) is 12.1 Å². The molecular formula is C13H13NO3. The molecule has 0 saturated carbocycles. The van der Waals surface area contributed by atoms with Crippen LogP contribution in [0, 0.1) is 18.3 Å². The van der Waals surface area contributed by atoms with Crippen molar-refractivity contribution in [2.24, 2.45) is 0 Å². The fourth-order valence-electron chi connectivity index (χ4n) is 2.44. The third-order valence-electron chi connectivity index (χ3n) is 3.60. The smallest absolute Gasteiger partial charge is 0.125 e. The van der Waals surface area contributed by atoms with Gasteiger partial charge in [-0.2, -0.15) is 5.26 Å². The van der Waals surface area contributed by atoms with Crippen LogP contribution in [-0.4, -0.2) is 30.0 Å². The van der Waals surface area contributed by atoms with E-state index in [-0.39, 0.29) is 17.5 Å². The van der Waals surface area contributed by atoms with Gasteiger partial charge in [0.1, 0.15) is 17.5 Å². The molecule has 4 nitrogen and oxygen atoms in total. The third kappa shape index (κ3) is 1.51. The number of aryl methyl sites for hydroxylation is 1. The first-order valence-electron chi connectivity index (χ1n) is 5.63. The second-order valence-corrected chi connectivity index (χ2v) is 4.73. The van der Waals surface area contributed by atoms with Crippen molar-refractivity contribution in [3.8, 4) is 11.8 Å². The Labute approximate surface area is 99.4 Å². The summed E-state index contributed by atoms with van der Waals surface area (Å²) < 4.78 is 10.9. The SMILES string of the molecule is Cc1ccc(C#N)c(CC23COCC2O3)c1O. The molecule has 2 atom stereocenters. The summed E-state index contributed by atoms with van der Waals surface area (Å²) in [7, 11) is 0. The van der Waals surface area contributed by atoms with Crippen LogP contribution in [0.3, 0.4) is 0 Å². The number of benzene rings is 1. The highest BCUT2D eigenvalue weighted by Gasteiger charge is 2.61. The highest BCUT2D eigenvalue weighted by molar-refractivity contribution is 5.51. The predicted molar refractivity (Wildman–Crippen MR) is 59.7 cm³/mol. The molecule has 0 spiro atoms. The standard InChI is InChI=1S/C13H13NO3/c1-8-2-3-9(5-14)10(12(8)15)4-13-7-16-6-11(13)17-13/h2-3,11,15H,4,6-7H2,1H3. The van der Waals surface area contributed by atoms with Gasteiger partial charge in [0.15, 0.2) is 0 Å². The minimum atomic E-state index is -0.295. The number of nitriles is 1. The van der Waals surface area contributed by atoms with E-state index in [1.807, 2.05) is 6.92 Å². The lowest BCUT2D eigenvalue weighted by Crippen LogP contribution is -2.20. The second-order valence-electron chi connectivity index (χ2n) is 4.73. The molecule has 1 aromatic rings. The maximum Gasteiger partial charge on any atom is 0.125 e. The first kappa shape index (κ1) is 10.6. The van der Waals surface area contributed by atoms with Crippen LogP contribution in [0.25, 0.3) is 0 Å². The maximum atomic E-state index is 10.1. The first-order valence-corrected chi connectivity index (χ1v) is 5.63. The summed E-state index contributed by atoms with van der Waals surface area (Å²) >= 11 is 0. The van der Waals surface area contributed by atoms with Crippen molar-refractivity contribution in [3.05, 3.63) is 28.8 Å². The lowest BCUT2D eigenvalue weighted by Gasteiger charge is -2.12. The van der Waals surface area contributed by atoms with Crippen LogP contribution in [0.2, 0.25) is 0 Å². The maximum absolute atomic E-state index is 10.1. The van der Waals surface area contributed by atoms with E-state index in [2.05, 4.69) is 6.07 Å². The van der Waals surface area contributed by atoms with Crippen LogP contribution in [0.1, 0.15) is 16.7 Å². The van der Waals surface area contributed by atoms with Gasteiger partial charge in [-0.05, 0) is 18.6 Å². The van der Waals surface area contributed by atoms with E-state index in [0.717, 1.165) is 5.56 Å². The highest BCUT2D eigenvalue weighted by atomic mass is 16.7. The summed E-state index contributed by atoms with van der Waals surface area (Å²) in [6.45, 7) is 3.00. The molecule has 3 rings (SSSR count). The summed E-state index contributed by atoms with van der Waals surface area (Å²) in [6, 6.07) is 5.62. The summed E-state index contributed by atoms with van der Waals surface area (Å²) in [6.07, 6.45) is 0.683. The summed E-state index contributed by atoms with van der Waals surface area (Å²) in [5, 5.41) is 19.1. The number of nitrogens with zero attached hydrogens (tertiary/aromatic N) is 1. The largest absolute Gasteiger partial charge is 0.507 e. The van der Waals surface area contributed by atoms with Crippen LogP contribution in [0.15, 0.2) is 12.1 Å². The lowest BCUT2D eigenvalue weighted by molar-refractivity contribution is 0.0696. The van der Waals surface area contributed by atoms with Crippen LogP contribution < -0.4 is 0 Å². The summed E-state index contributed by atoms with van der Waals surface area (Å²) in [5.74, 6) is 0.208. The summed E-state index contributed by atoms with van der Waals surface area (Å²) in [4.78, 5) is 0. The number of rotatable bonds is 2. The Morgan fingerprint density at radius 2 is 2.41 bits per heavy atom. The molecule has 2 aliphatic heterocycles. The zero-order valence-corrected chi connectivity index (χ0v) is 9.56. The molecule has 2 unspecified atom stereocenters. The molecule has 1 N–H and O–H groups in total. The van der Waals surface area contributed by atoms with Gasteiger partial charge in [-0.1, -0.05) is 6.07 Å². The number of phenolic OH excluding ortho intramolecular Hbond substituents is 1. The van der Waals surface area contributed by atoms with Crippen molar-refractivity contribution >= 4 is 0 Å². The Kier molecular flexibility index (Phi) is 2.15. The van der Waals surface area contributed by atoms with Gasteiger partial charge in [-0.3, -0.25) is 0 Å². The van der Waals surface area contributed by atoms with Crippen LogP contribution in [-0.2, 0) is 15.9 Å². The molecule has 2 fully saturated rings. The predicted octanol–water partition coefficient (Wildman–Crippen LogP) is 1.28. The number of ether oxygens (including phenoxy) is 2. The van der Waals surface area contributed by atoms with E-state index >= 15 is 0 Å². The molecule has 2 aliphatic rings. The van der Waals surface area contributed by atoms with Gasteiger partial charge in [0.05, 0.1) is 24.8 Å². The zero-order valence-electron chi connectivity index (χ0n) is 9.56. The molecule has 4 heteroatoms. The van der Waals surface area contributed by atoms with Gasteiger partial charge >= 0.3 is 0 Å². The van der Waals surface area contributed by atoms with E-state index < -0.39 is 0 Å². The van der Waals surface area contributed by atoms with Gasteiger partial charge < -0.3 is 14.6 Å². The highest BCUT2D eigenvalue weighted by Crippen LogP contribution is 2.46. The number of aromatic hydroxyl groups is 1. The molecule has 2 heterocycles. The minimum Gasteiger partial charge on any atom is -0.507 e. The van der Waals surface area contributed by atoms with Crippen LogP contribution in [0.4, 0.5) is 0 Å². The Bertz CT molecular complexity index is 520. The first-order chi connectivity index (χ1) is 8.16. The quantitative estimate of drug-likeness (QED) is 0.779. The summed E-state index contributed by atoms with van der Waals surface area (Å²) in [5.41, 5.74) is 1.69. The van der Waals surface area contributed by atoms with Crippen molar-refractivity contribution in [3.63, 3.8) is 0 Å². The molecule has 88 valence electrons. The molecule has 0 aliphatic carbocycles. The van der Waals surface area contributed by atoms with Crippen LogP contribution in [0.5, 0.6) is 5.75 Å². The van der Waals surface area contributed by atoms with Gasteiger partial charge in [-0.25, -0.2) is 0 Å². The van der Waals surface area contributed by atoms with Crippen molar-refractivity contribution in [2.75, 3.05) is 13.2 Å². The fraction of sp³-hybridized carbons (Fsp3) is 0.462. The van der Waals surface area contributed by atoms with Crippen LogP contribution >= 0.6 is 0 Å². The monoisotopic (exact) mass is 231 g/mol. The molecule has 2 saturated heterocycles. The van der Waals surface area contributed by atoms with Gasteiger partial charge in [0.2, 0.25) is 0 Å². The number of epoxide rings is 1. The number of hydrogen-bond acceptors (Lipinski definition) is 4. The number of phenols is 1. The molecule has 1 aromatic carbocycles. The van der Waals surface area contributed by atoms with Crippen molar-refractivity contribution in [1.29, 1.82) is 5.26 Å².